The fourth-order valence-electron chi connectivity index (χ4n) is 3.65. The summed E-state index contributed by atoms with van der Waals surface area (Å²) in [6.45, 7) is 2.76. The van der Waals surface area contributed by atoms with Gasteiger partial charge in [0, 0.05) is 43.0 Å². The molecule has 138 valence electrons. The maximum atomic E-state index is 10.4. The third-order valence-corrected chi connectivity index (χ3v) is 5.33. The van der Waals surface area contributed by atoms with Gasteiger partial charge >= 0.3 is 0 Å². The maximum Gasteiger partial charge on any atom is 0.245 e. The van der Waals surface area contributed by atoms with Gasteiger partial charge in [-0.15, -0.1) is 10.2 Å². The minimum Gasteiger partial charge on any atom is -0.507 e. The Balaban J connectivity index is 1.35. The van der Waals surface area contributed by atoms with Crippen molar-refractivity contribution in [2.24, 2.45) is 5.92 Å². The minimum atomic E-state index is 0.147. The summed E-state index contributed by atoms with van der Waals surface area (Å²) in [7, 11) is 0. The average molecular weight is 363 g/mol. The molecule has 8 heteroatoms. The summed E-state index contributed by atoms with van der Waals surface area (Å²) in [6.07, 6.45) is 7.82. The molecular weight excluding hydrogens is 342 g/mol. The van der Waals surface area contributed by atoms with Crippen LogP contribution in [0.1, 0.15) is 12.8 Å². The fraction of sp³-hybridized carbons (Fsp3) is 0.368. The highest BCUT2D eigenvalue weighted by molar-refractivity contribution is 5.73. The fourth-order valence-corrected chi connectivity index (χ4v) is 3.65. The van der Waals surface area contributed by atoms with E-state index in [9.17, 15) is 5.11 Å². The lowest BCUT2D eigenvalue weighted by Gasteiger charge is -2.33. The molecule has 8 nitrogen and oxygen atoms in total. The van der Waals surface area contributed by atoms with Crippen molar-refractivity contribution in [3.63, 3.8) is 0 Å². The molecule has 1 aliphatic heterocycles. The molecule has 1 unspecified atom stereocenters. The first-order chi connectivity index (χ1) is 13.3. The van der Waals surface area contributed by atoms with E-state index in [0.29, 0.717) is 23.2 Å². The molecule has 5 rings (SSSR count). The predicted molar refractivity (Wildman–Crippen MR) is 101 cm³/mol. The first-order valence-corrected chi connectivity index (χ1v) is 9.28. The second-order valence-corrected chi connectivity index (χ2v) is 7.21. The molecule has 1 aromatic carbocycles. The van der Waals surface area contributed by atoms with E-state index in [4.69, 9.17) is 0 Å². The Labute approximate surface area is 156 Å². The number of piperazine rings is 1. The van der Waals surface area contributed by atoms with Crippen molar-refractivity contribution in [2.45, 2.75) is 18.9 Å². The zero-order chi connectivity index (χ0) is 18.2. The summed E-state index contributed by atoms with van der Waals surface area (Å²) < 4.78 is 0. The quantitative estimate of drug-likeness (QED) is 0.650. The van der Waals surface area contributed by atoms with Gasteiger partial charge in [-0.1, -0.05) is 6.07 Å². The molecule has 1 aliphatic carbocycles. The van der Waals surface area contributed by atoms with E-state index in [1.54, 1.807) is 24.7 Å². The maximum absolute atomic E-state index is 10.4. The van der Waals surface area contributed by atoms with Crippen molar-refractivity contribution in [2.75, 3.05) is 24.5 Å². The molecular formula is C19H21N7O. The molecule has 3 N–H and O–H groups in total. The third kappa shape index (κ3) is 3.23. The van der Waals surface area contributed by atoms with Crippen molar-refractivity contribution >= 4 is 5.95 Å². The van der Waals surface area contributed by atoms with Gasteiger partial charge in [-0.25, -0.2) is 4.98 Å². The van der Waals surface area contributed by atoms with Crippen molar-refractivity contribution in [1.29, 1.82) is 0 Å². The zero-order valence-electron chi connectivity index (χ0n) is 14.8. The summed E-state index contributed by atoms with van der Waals surface area (Å²) in [5.41, 5.74) is 2.98. The molecule has 1 atom stereocenters. The van der Waals surface area contributed by atoms with E-state index in [1.165, 1.54) is 12.8 Å². The second-order valence-electron chi connectivity index (χ2n) is 7.21. The Bertz CT molecular complexity index is 922. The lowest BCUT2D eigenvalue weighted by Crippen LogP contribution is -2.52. The lowest BCUT2D eigenvalue weighted by molar-refractivity contribution is 0.414. The highest BCUT2D eigenvalue weighted by Crippen LogP contribution is 2.34. The Morgan fingerprint density at radius 1 is 1.11 bits per heavy atom. The number of rotatable bonds is 4. The van der Waals surface area contributed by atoms with Gasteiger partial charge < -0.3 is 15.3 Å². The van der Waals surface area contributed by atoms with Crippen LogP contribution in [0.3, 0.4) is 0 Å². The van der Waals surface area contributed by atoms with E-state index in [1.807, 2.05) is 12.1 Å². The van der Waals surface area contributed by atoms with Crippen molar-refractivity contribution in [1.82, 2.24) is 30.7 Å². The molecule has 2 fully saturated rings. The van der Waals surface area contributed by atoms with Crippen LogP contribution in [0.15, 0.2) is 36.8 Å². The van der Waals surface area contributed by atoms with E-state index in [2.05, 4.69) is 35.6 Å². The standard InChI is InChI=1S/C19H21N7O/c27-18-7-13(14-8-22-23-9-14)3-4-15(18)16-10-21-19(25-24-16)26-6-5-20-17(11-26)12-1-2-12/h3-4,7-10,12,17,20,27H,1-2,5-6,11H2,(H,22,23). The average Bonchev–Trinajstić information content (AvgIpc) is 3.42. The van der Waals surface area contributed by atoms with Crippen LogP contribution in [0.5, 0.6) is 5.75 Å². The summed E-state index contributed by atoms with van der Waals surface area (Å²) in [5.74, 6) is 1.60. The van der Waals surface area contributed by atoms with Crippen molar-refractivity contribution in [3.8, 4) is 28.1 Å². The molecule has 1 saturated carbocycles. The largest absolute Gasteiger partial charge is 0.507 e. The van der Waals surface area contributed by atoms with Gasteiger partial charge in [-0.3, -0.25) is 5.10 Å². The molecule has 0 bridgehead atoms. The first kappa shape index (κ1) is 16.2. The van der Waals surface area contributed by atoms with Gasteiger partial charge in [0.2, 0.25) is 5.95 Å². The zero-order valence-corrected chi connectivity index (χ0v) is 14.8. The second kappa shape index (κ2) is 6.62. The number of phenolic OH excluding ortho intramolecular Hbond substituents is 1. The van der Waals surface area contributed by atoms with Gasteiger partial charge in [0.25, 0.3) is 0 Å². The Morgan fingerprint density at radius 3 is 2.74 bits per heavy atom. The van der Waals surface area contributed by atoms with Gasteiger partial charge in [0.05, 0.1) is 12.4 Å². The van der Waals surface area contributed by atoms with E-state index < -0.39 is 0 Å². The number of aromatic amines is 1. The topological polar surface area (TPSA) is 103 Å². The molecule has 3 heterocycles. The Morgan fingerprint density at radius 2 is 2.04 bits per heavy atom. The first-order valence-electron chi connectivity index (χ1n) is 9.28. The number of anilines is 1. The van der Waals surface area contributed by atoms with Crippen LogP contribution in [0.25, 0.3) is 22.4 Å². The van der Waals surface area contributed by atoms with Crippen LogP contribution in [-0.2, 0) is 0 Å². The van der Waals surface area contributed by atoms with Gasteiger partial charge in [-0.05, 0) is 36.5 Å². The normalized spacial score (nSPS) is 20.0. The van der Waals surface area contributed by atoms with E-state index in [-0.39, 0.29) is 5.75 Å². The number of phenols is 1. The predicted octanol–water partition coefficient (Wildman–Crippen LogP) is 1.82. The van der Waals surface area contributed by atoms with Crippen LogP contribution in [0, 0.1) is 5.92 Å². The van der Waals surface area contributed by atoms with Crippen LogP contribution in [-0.4, -0.2) is 56.2 Å². The lowest BCUT2D eigenvalue weighted by atomic mass is 10.0. The SMILES string of the molecule is Oc1cc(-c2cn[nH]c2)ccc1-c1cnc(N2CCNC(C3CC3)C2)nn1. The van der Waals surface area contributed by atoms with E-state index in [0.717, 1.165) is 36.7 Å². The molecule has 0 spiro atoms. The number of hydrogen-bond acceptors (Lipinski definition) is 7. The number of H-pyrrole nitrogens is 1. The summed E-state index contributed by atoms with van der Waals surface area (Å²) in [6, 6.07) is 5.98. The molecule has 3 aromatic rings. The number of aromatic nitrogens is 5. The Kier molecular flexibility index (Phi) is 3.97. The highest BCUT2D eigenvalue weighted by atomic mass is 16.3. The molecule has 1 saturated heterocycles. The molecule has 0 radical (unpaired) electrons. The van der Waals surface area contributed by atoms with E-state index >= 15 is 0 Å². The Hall–Kier alpha value is -3.00. The van der Waals surface area contributed by atoms with Crippen LogP contribution < -0.4 is 10.2 Å². The number of benzene rings is 1. The van der Waals surface area contributed by atoms with Crippen molar-refractivity contribution < 1.29 is 5.11 Å². The molecule has 2 aromatic heterocycles. The number of nitrogens with zero attached hydrogens (tertiary/aromatic N) is 5. The molecule has 0 amide bonds. The van der Waals surface area contributed by atoms with Gasteiger partial charge in [0.1, 0.15) is 11.4 Å². The summed E-state index contributed by atoms with van der Waals surface area (Å²) in [5, 5.41) is 29.3. The summed E-state index contributed by atoms with van der Waals surface area (Å²) in [4.78, 5) is 6.70. The van der Waals surface area contributed by atoms with Crippen LogP contribution >= 0.6 is 0 Å². The van der Waals surface area contributed by atoms with Crippen LogP contribution in [0.4, 0.5) is 5.95 Å². The molecule has 2 aliphatic rings. The number of aromatic hydroxyl groups is 1. The molecule has 27 heavy (non-hydrogen) atoms. The number of hydrogen-bond donors (Lipinski definition) is 3. The highest BCUT2D eigenvalue weighted by Gasteiger charge is 2.34. The summed E-state index contributed by atoms with van der Waals surface area (Å²) >= 11 is 0. The number of nitrogens with one attached hydrogen (secondary N) is 2. The smallest absolute Gasteiger partial charge is 0.245 e. The van der Waals surface area contributed by atoms with Gasteiger partial charge in [-0.2, -0.15) is 5.10 Å². The van der Waals surface area contributed by atoms with Crippen molar-refractivity contribution in [3.05, 3.63) is 36.8 Å². The van der Waals surface area contributed by atoms with Crippen LogP contribution in [0.2, 0.25) is 0 Å². The monoisotopic (exact) mass is 363 g/mol. The minimum absolute atomic E-state index is 0.147. The third-order valence-electron chi connectivity index (χ3n) is 5.33. The van der Waals surface area contributed by atoms with Gasteiger partial charge in [0.15, 0.2) is 0 Å².